The van der Waals surface area contributed by atoms with Gasteiger partial charge in [0.2, 0.25) is 0 Å². The molecule has 2 nitrogen and oxygen atoms in total. The van der Waals surface area contributed by atoms with Crippen LogP contribution in [0.4, 0.5) is 17.1 Å². The summed E-state index contributed by atoms with van der Waals surface area (Å²) in [6, 6.07) is 110. The fourth-order valence-corrected chi connectivity index (χ4v) is 13.3. The summed E-state index contributed by atoms with van der Waals surface area (Å²) in [7, 11) is 0. The van der Waals surface area contributed by atoms with Crippen molar-refractivity contribution in [3.05, 3.63) is 342 Å². The van der Waals surface area contributed by atoms with Crippen molar-refractivity contribution in [3.63, 3.8) is 0 Å². The second kappa shape index (κ2) is 17.4. The molecule has 13 aromatic rings. The third-order valence-electron chi connectivity index (χ3n) is 16.4. The van der Waals surface area contributed by atoms with Crippen LogP contribution in [-0.4, -0.2) is 0 Å². The maximum Gasteiger partial charge on any atom is 0.137 e. The highest BCUT2D eigenvalue weighted by Gasteiger charge is 2.48. The number of rotatable bonds is 9. The third kappa shape index (κ3) is 6.47. The van der Waals surface area contributed by atoms with Gasteiger partial charge in [-0.2, -0.15) is 0 Å². The molecule has 76 heavy (non-hydrogen) atoms. The molecule has 0 radical (unpaired) electrons. The zero-order chi connectivity index (χ0) is 50.2. The Bertz CT molecular complexity index is 4270. The number of benzene rings is 12. The molecule has 2 heteroatoms. The lowest BCUT2D eigenvalue weighted by molar-refractivity contribution is 0.669. The van der Waals surface area contributed by atoms with Crippen molar-refractivity contribution in [2.24, 2.45) is 0 Å². The predicted octanol–water partition coefficient (Wildman–Crippen LogP) is 19.1. The van der Waals surface area contributed by atoms with E-state index < -0.39 is 10.8 Å². The van der Waals surface area contributed by atoms with Gasteiger partial charge in [0.15, 0.2) is 0 Å². The summed E-state index contributed by atoms with van der Waals surface area (Å²) in [4.78, 5) is 2.49. The lowest BCUT2D eigenvalue weighted by Crippen LogP contribution is -2.29. The quantitative estimate of drug-likeness (QED) is 0.143. The topological polar surface area (TPSA) is 16.4 Å². The summed E-state index contributed by atoms with van der Waals surface area (Å²) >= 11 is 0. The Balaban J connectivity index is 1.02. The van der Waals surface area contributed by atoms with Gasteiger partial charge in [-0.15, -0.1) is 0 Å². The van der Waals surface area contributed by atoms with Crippen LogP contribution in [0.5, 0.6) is 0 Å². The van der Waals surface area contributed by atoms with E-state index in [0.717, 1.165) is 50.1 Å². The van der Waals surface area contributed by atoms with E-state index in [1.807, 2.05) is 0 Å². The zero-order valence-electron chi connectivity index (χ0n) is 41.6. The molecule has 0 spiro atoms. The van der Waals surface area contributed by atoms with Gasteiger partial charge < -0.3 is 9.32 Å². The van der Waals surface area contributed by atoms with Gasteiger partial charge in [0.1, 0.15) is 11.2 Å². The molecule has 0 N–H and O–H groups in total. The summed E-state index contributed by atoms with van der Waals surface area (Å²) in [5, 5.41) is 2.12. The number of fused-ring (bicyclic) bond motifs is 9. The smallest absolute Gasteiger partial charge is 0.137 e. The van der Waals surface area contributed by atoms with E-state index in [1.54, 1.807) is 0 Å². The van der Waals surface area contributed by atoms with Crippen LogP contribution < -0.4 is 4.90 Å². The van der Waals surface area contributed by atoms with Crippen LogP contribution in [0, 0.1) is 0 Å². The van der Waals surface area contributed by atoms with Crippen molar-refractivity contribution in [2.75, 3.05) is 4.90 Å². The molecule has 0 unspecified atom stereocenters. The van der Waals surface area contributed by atoms with Crippen LogP contribution in [0.3, 0.4) is 0 Å². The van der Waals surface area contributed by atoms with Gasteiger partial charge in [-0.1, -0.05) is 243 Å². The van der Waals surface area contributed by atoms with Crippen molar-refractivity contribution in [2.45, 2.75) is 10.8 Å². The van der Waals surface area contributed by atoms with Gasteiger partial charge >= 0.3 is 0 Å². The molecule has 0 saturated carbocycles. The van der Waals surface area contributed by atoms with E-state index >= 15 is 0 Å². The van der Waals surface area contributed by atoms with E-state index in [1.165, 1.54) is 77.9 Å². The number of furan rings is 1. The Morgan fingerprint density at radius 2 is 0.658 bits per heavy atom. The maximum atomic E-state index is 6.84. The summed E-state index contributed by atoms with van der Waals surface area (Å²) in [5.41, 5.74) is 23.2. The average molecular weight is 968 g/mol. The Hall–Kier alpha value is -9.76. The van der Waals surface area contributed by atoms with Gasteiger partial charge in [0.05, 0.1) is 21.9 Å². The molecule has 0 fully saturated rings. The fourth-order valence-electron chi connectivity index (χ4n) is 13.3. The first kappa shape index (κ1) is 43.8. The maximum absolute atomic E-state index is 6.84. The van der Waals surface area contributed by atoms with E-state index in [9.17, 15) is 0 Å². The van der Waals surface area contributed by atoms with E-state index in [4.69, 9.17) is 4.42 Å². The van der Waals surface area contributed by atoms with Crippen molar-refractivity contribution < 1.29 is 4.42 Å². The standard InChI is InChI=1S/C74H49NO/c1-4-22-50(23-5-1)52-26-18-29-55(46-52)74(67-40-16-12-36-62(67)63-37-13-17-41-68(63)74)57-31-20-33-59(49-57)75(69-42-21-43-71-72(69)64-47-53(44-45-70(64)76-71)51-24-6-2-7-25-51)58-32-19-30-56(48-58)73(54-27-8-3-9-28-54)65-38-14-10-34-60(65)61-35-11-15-39-66(61)73/h1-49H. The minimum Gasteiger partial charge on any atom is -0.456 e. The van der Waals surface area contributed by atoms with Gasteiger partial charge in [-0.3, -0.25) is 0 Å². The zero-order valence-corrected chi connectivity index (χ0v) is 41.6. The average Bonchev–Trinajstić information content (AvgIpc) is 4.17. The molecular weight excluding hydrogens is 919 g/mol. The van der Waals surface area contributed by atoms with Crippen LogP contribution in [0.15, 0.2) is 302 Å². The van der Waals surface area contributed by atoms with Crippen molar-refractivity contribution in [3.8, 4) is 44.5 Å². The van der Waals surface area contributed by atoms with Crippen molar-refractivity contribution in [1.29, 1.82) is 0 Å². The van der Waals surface area contributed by atoms with Crippen LogP contribution in [0.2, 0.25) is 0 Å². The Morgan fingerprint density at radius 3 is 1.18 bits per heavy atom. The highest BCUT2D eigenvalue weighted by molar-refractivity contribution is 6.14. The van der Waals surface area contributed by atoms with Crippen LogP contribution in [0.1, 0.15) is 44.5 Å². The highest BCUT2D eigenvalue weighted by Crippen LogP contribution is 2.59. The normalized spacial score (nSPS) is 13.5. The summed E-state index contributed by atoms with van der Waals surface area (Å²) < 4.78 is 6.84. The van der Waals surface area contributed by atoms with E-state index in [2.05, 4.69) is 302 Å². The molecule has 2 aliphatic rings. The number of nitrogens with zero attached hydrogens (tertiary/aromatic N) is 1. The second-order valence-electron chi connectivity index (χ2n) is 20.3. The monoisotopic (exact) mass is 967 g/mol. The molecule has 0 amide bonds. The first-order chi connectivity index (χ1) is 37.7. The lowest BCUT2D eigenvalue weighted by Gasteiger charge is -2.36. The molecule has 2 aliphatic carbocycles. The minimum absolute atomic E-state index is 0.595. The molecule has 1 aromatic heterocycles. The van der Waals surface area contributed by atoms with Gasteiger partial charge in [0.25, 0.3) is 0 Å². The predicted molar refractivity (Wildman–Crippen MR) is 314 cm³/mol. The van der Waals surface area contributed by atoms with Crippen LogP contribution >= 0.6 is 0 Å². The van der Waals surface area contributed by atoms with Crippen LogP contribution in [0.25, 0.3) is 66.4 Å². The molecule has 1 heterocycles. The van der Waals surface area contributed by atoms with Crippen molar-refractivity contribution in [1.82, 2.24) is 0 Å². The number of hydrogen-bond donors (Lipinski definition) is 0. The van der Waals surface area contributed by atoms with E-state index in [-0.39, 0.29) is 0 Å². The Kier molecular flexibility index (Phi) is 10.0. The molecule has 15 rings (SSSR count). The summed E-state index contributed by atoms with van der Waals surface area (Å²) in [5.74, 6) is 0. The first-order valence-electron chi connectivity index (χ1n) is 26.3. The SMILES string of the molecule is c1ccc(-c2cccc(C3(c4cccc(N(c5cccc(C6(c7ccccc7)c7ccccc7-c7ccccc76)c5)c5cccc6oc7ccc(-c8ccccc8)cc7c56)c4)c4ccccc4-c4ccccc43)c2)cc1. The Labute approximate surface area is 443 Å². The van der Waals surface area contributed by atoms with E-state index in [0.29, 0.717) is 0 Å². The molecule has 0 atom stereocenters. The lowest BCUT2D eigenvalue weighted by atomic mass is 9.67. The summed E-state index contributed by atoms with van der Waals surface area (Å²) in [6.45, 7) is 0. The molecule has 0 aliphatic heterocycles. The second-order valence-corrected chi connectivity index (χ2v) is 20.3. The number of anilines is 3. The van der Waals surface area contributed by atoms with Gasteiger partial charge in [-0.05, 0) is 144 Å². The molecule has 12 aromatic carbocycles. The molecular formula is C74H49NO. The minimum atomic E-state index is -0.658. The van der Waals surface area contributed by atoms with Crippen LogP contribution in [-0.2, 0) is 10.8 Å². The molecule has 0 bridgehead atoms. The number of hydrogen-bond acceptors (Lipinski definition) is 2. The first-order valence-corrected chi connectivity index (χ1v) is 26.3. The molecule has 0 saturated heterocycles. The highest BCUT2D eigenvalue weighted by atomic mass is 16.3. The van der Waals surface area contributed by atoms with Gasteiger partial charge in [-0.25, -0.2) is 0 Å². The van der Waals surface area contributed by atoms with Gasteiger partial charge in [0, 0.05) is 16.8 Å². The Morgan fingerprint density at radius 1 is 0.263 bits per heavy atom. The largest absolute Gasteiger partial charge is 0.456 e. The third-order valence-corrected chi connectivity index (χ3v) is 16.4. The fraction of sp³-hybridized carbons (Fsp3) is 0.0270. The van der Waals surface area contributed by atoms with Crippen molar-refractivity contribution >= 4 is 39.0 Å². The summed E-state index contributed by atoms with van der Waals surface area (Å²) in [6.07, 6.45) is 0. The molecule has 356 valence electrons.